The van der Waals surface area contributed by atoms with E-state index in [9.17, 15) is 4.79 Å². The molecule has 8 heteroatoms. The number of ether oxygens (including phenoxy) is 1. The number of pyridine rings is 1. The maximum Gasteiger partial charge on any atom is 0.337 e. The summed E-state index contributed by atoms with van der Waals surface area (Å²) in [6.45, 7) is 4.21. The van der Waals surface area contributed by atoms with Crippen molar-refractivity contribution in [2.24, 2.45) is 0 Å². The van der Waals surface area contributed by atoms with Gasteiger partial charge in [0.2, 0.25) is 0 Å². The highest BCUT2D eigenvalue weighted by Gasteiger charge is 2.42. The van der Waals surface area contributed by atoms with E-state index < -0.39 is 0 Å². The molecule has 0 spiro atoms. The van der Waals surface area contributed by atoms with E-state index in [1.807, 2.05) is 48.7 Å². The Bertz CT molecular complexity index is 1420. The second kappa shape index (κ2) is 9.87. The number of nitrogens with one attached hydrogen (secondary N) is 1. The van der Waals surface area contributed by atoms with E-state index in [1.54, 1.807) is 12.1 Å². The van der Waals surface area contributed by atoms with Crippen LogP contribution < -0.4 is 10.2 Å². The van der Waals surface area contributed by atoms with Crippen molar-refractivity contribution in [1.82, 2.24) is 14.9 Å². The van der Waals surface area contributed by atoms with Crippen LogP contribution in [0.2, 0.25) is 0 Å². The molecule has 3 heterocycles. The fourth-order valence-electron chi connectivity index (χ4n) is 4.90. The molecule has 2 aromatic heterocycles. The van der Waals surface area contributed by atoms with Crippen molar-refractivity contribution in [3.8, 4) is 5.69 Å². The summed E-state index contributed by atoms with van der Waals surface area (Å²) in [5.41, 5.74) is 6.76. The van der Waals surface area contributed by atoms with Gasteiger partial charge in [0.1, 0.15) is 0 Å². The summed E-state index contributed by atoms with van der Waals surface area (Å²) in [7, 11) is 1.39. The van der Waals surface area contributed by atoms with Gasteiger partial charge in [-0.3, -0.25) is 4.98 Å². The van der Waals surface area contributed by atoms with Gasteiger partial charge >= 0.3 is 5.97 Å². The molecular formula is C28H25BrN4O2S. The van der Waals surface area contributed by atoms with Crippen molar-refractivity contribution in [2.75, 3.05) is 12.0 Å². The predicted octanol–water partition coefficient (Wildman–Crippen LogP) is 6.22. The van der Waals surface area contributed by atoms with E-state index in [-0.39, 0.29) is 18.1 Å². The first-order valence-electron chi connectivity index (χ1n) is 11.5. The van der Waals surface area contributed by atoms with E-state index >= 15 is 0 Å². The van der Waals surface area contributed by atoms with Gasteiger partial charge in [0.25, 0.3) is 0 Å². The Morgan fingerprint density at radius 1 is 1.03 bits per heavy atom. The normalized spacial score (nSPS) is 17.2. The monoisotopic (exact) mass is 560 g/mol. The molecule has 1 aliphatic rings. The summed E-state index contributed by atoms with van der Waals surface area (Å²) in [4.78, 5) is 18.7. The third-order valence-corrected chi connectivity index (χ3v) is 7.38. The van der Waals surface area contributed by atoms with Crippen LogP contribution in [-0.2, 0) is 4.74 Å². The lowest BCUT2D eigenvalue weighted by atomic mass is 9.96. The standard InChI is InChI=1S/C28H25BrN4O2S/c1-17-16-23(18(2)32(17)21-11-7-19(8-12-21)27(34)35-3)26-25(24-6-4-5-15-30-24)31-28(36)33(26)22-13-9-20(29)10-14-22/h4-16,25-26H,1-3H3,(H,31,36)/t25-,26+/m0/s1. The number of hydrogen-bond donors (Lipinski definition) is 1. The zero-order valence-corrected chi connectivity index (χ0v) is 22.5. The molecule has 4 aromatic rings. The maximum atomic E-state index is 11.9. The van der Waals surface area contributed by atoms with Gasteiger partial charge in [-0.2, -0.15) is 0 Å². The number of hydrogen-bond acceptors (Lipinski definition) is 4. The van der Waals surface area contributed by atoms with Crippen molar-refractivity contribution in [2.45, 2.75) is 25.9 Å². The average molecular weight is 562 g/mol. The highest BCUT2D eigenvalue weighted by atomic mass is 79.9. The van der Waals surface area contributed by atoms with Crippen LogP contribution in [0.15, 0.2) is 83.5 Å². The van der Waals surface area contributed by atoms with Crippen molar-refractivity contribution in [3.05, 3.63) is 112 Å². The third-order valence-electron chi connectivity index (χ3n) is 6.54. The molecule has 1 fully saturated rings. The van der Waals surface area contributed by atoms with Gasteiger partial charge in [0.05, 0.1) is 30.5 Å². The molecule has 0 saturated carbocycles. The van der Waals surface area contributed by atoms with E-state index in [0.717, 1.165) is 38.5 Å². The minimum atomic E-state index is -0.350. The maximum absolute atomic E-state index is 11.9. The Labute approximate surface area is 224 Å². The van der Waals surface area contributed by atoms with E-state index in [0.29, 0.717) is 10.7 Å². The molecule has 0 bridgehead atoms. The van der Waals surface area contributed by atoms with Crippen molar-refractivity contribution < 1.29 is 9.53 Å². The quantitative estimate of drug-likeness (QED) is 0.231. The third kappa shape index (κ3) is 4.31. The predicted molar refractivity (Wildman–Crippen MR) is 149 cm³/mol. The van der Waals surface area contributed by atoms with Crippen molar-refractivity contribution in [3.63, 3.8) is 0 Å². The van der Waals surface area contributed by atoms with Crippen LogP contribution in [0.4, 0.5) is 5.69 Å². The van der Waals surface area contributed by atoms with Gasteiger partial charge in [0, 0.05) is 33.4 Å². The van der Waals surface area contributed by atoms with E-state index in [2.05, 4.69) is 67.7 Å². The lowest BCUT2D eigenvalue weighted by molar-refractivity contribution is 0.0600. The fraction of sp³-hybridized carbons (Fsp3) is 0.179. The molecule has 0 aliphatic carbocycles. The molecule has 182 valence electrons. The number of carbonyl (C=O) groups excluding carboxylic acids is 1. The minimum absolute atomic E-state index is 0.108. The van der Waals surface area contributed by atoms with Crippen LogP contribution in [0.3, 0.4) is 0 Å². The van der Waals surface area contributed by atoms with Gasteiger partial charge < -0.3 is 19.5 Å². The Morgan fingerprint density at radius 3 is 2.36 bits per heavy atom. The summed E-state index contributed by atoms with van der Waals surface area (Å²) < 4.78 is 8.06. The van der Waals surface area contributed by atoms with Crippen molar-refractivity contribution in [1.29, 1.82) is 0 Å². The lowest BCUT2D eigenvalue weighted by Gasteiger charge is -2.28. The number of aromatic nitrogens is 2. The Balaban J connectivity index is 1.63. The molecule has 2 atom stereocenters. The summed E-state index contributed by atoms with van der Waals surface area (Å²) >= 11 is 9.40. The SMILES string of the molecule is COC(=O)c1ccc(-n2c(C)cc([C@@H]3[C@H](c4ccccn4)NC(=S)N3c3ccc(Br)cc3)c2C)cc1. The smallest absolute Gasteiger partial charge is 0.337 e. The number of halogens is 1. The van der Waals surface area contributed by atoms with Gasteiger partial charge in [-0.15, -0.1) is 0 Å². The molecule has 0 amide bonds. The highest BCUT2D eigenvalue weighted by Crippen LogP contribution is 2.43. The van der Waals surface area contributed by atoms with Crippen LogP contribution in [0.5, 0.6) is 0 Å². The Morgan fingerprint density at radius 2 is 1.72 bits per heavy atom. The van der Waals surface area contributed by atoms with Crippen LogP contribution in [0.25, 0.3) is 5.69 Å². The van der Waals surface area contributed by atoms with Crippen LogP contribution in [0.1, 0.15) is 45.1 Å². The van der Waals surface area contributed by atoms with Gasteiger partial charge in [-0.1, -0.05) is 22.0 Å². The van der Waals surface area contributed by atoms with E-state index in [4.69, 9.17) is 17.0 Å². The Kier molecular flexibility index (Phi) is 6.64. The number of methoxy groups -OCH3 is 1. The van der Waals surface area contributed by atoms with Crippen LogP contribution in [-0.4, -0.2) is 27.7 Å². The number of nitrogens with zero attached hydrogens (tertiary/aromatic N) is 3. The molecule has 0 unspecified atom stereocenters. The van der Waals surface area contributed by atoms with Crippen molar-refractivity contribution >= 4 is 44.9 Å². The molecular weight excluding hydrogens is 536 g/mol. The second-order valence-electron chi connectivity index (χ2n) is 8.67. The van der Waals surface area contributed by atoms with Gasteiger partial charge in [-0.05, 0) is 98.4 Å². The zero-order chi connectivity index (χ0) is 25.4. The zero-order valence-electron chi connectivity index (χ0n) is 20.1. The first-order chi connectivity index (χ1) is 17.4. The molecule has 1 aliphatic heterocycles. The summed E-state index contributed by atoms with van der Waals surface area (Å²) in [5, 5.41) is 4.18. The molecule has 1 N–H and O–H groups in total. The molecule has 5 rings (SSSR count). The fourth-order valence-corrected chi connectivity index (χ4v) is 5.51. The van der Waals surface area contributed by atoms with Crippen LogP contribution >= 0.6 is 28.1 Å². The molecule has 0 radical (unpaired) electrons. The number of carbonyl (C=O) groups is 1. The highest BCUT2D eigenvalue weighted by molar-refractivity contribution is 9.10. The van der Waals surface area contributed by atoms with Gasteiger partial charge in [0.15, 0.2) is 5.11 Å². The summed E-state index contributed by atoms with van der Waals surface area (Å²) in [6, 6.07) is 23.6. The second-order valence-corrected chi connectivity index (χ2v) is 9.98. The van der Waals surface area contributed by atoms with E-state index in [1.165, 1.54) is 7.11 Å². The molecule has 2 aromatic carbocycles. The number of benzene rings is 2. The number of thiocarbonyl (C=S) groups is 1. The summed E-state index contributed by atoms with van der Waals surface area (Å²) in [6.07, 6.45) is 1.81. The number of aryl methyl sites for hydroxylation is 1. The topological polar surface area (TPSA) is 59.4 Å². The Hall–Kier alpha value is -3.49. The minimum Gasteiger partial charge on any atom is -0.465 e. The largest absolute Gasteiger partial charge is 0.465 e. The number of rotatable bonds is 5. The average Bonchev–Trinajstić information content (AvgIpc) is 3.39. The number of esters is 1. The molecule has 1 saturated heterocycles. The first-order valence-corrected chi connectivity index (χ1v) is 12.7. The number of anilines is 1. The molecule has 6 nitrogen and oxygen atoms in total. The molecule has 36 heavy (non-hydrogen) atoms. The van der Waals surface area contributed by atoms with Gasteiger partial charge in [-0.25, -0.2) is 4.79 Å². The first kappa shape index (κ1) is 24.2. The summed E-state index contributed by atoms with van der Waals surface area (Å²) in [5.74, 6) is -0.350. The van der Waals surface area contributed by atoms with Crippen LogP contribution in [0, 0.1) is 13.8 Å². The lowest BCUT2D eigenvalue weighted by Crippen LogP contribution is -2.29.